The summed E-state index contributed by atoms with van der Waals surface area (Å²) in [5, 5.41) is 7.61. The van der Waals surface area contributed by atoms with E-state index in [-0.39, 0.29) is 29.8 Å². The van der Waals surface area contributed by atoms with E-state index < -0.39 is 30.6 Å². The van der Waals surface area contributed by atoms with Crippen LogP contribution >= 0.6 is 0 Å². The zero-order chi connectivity index (χ0) is 28.0. The van der Waals surface area contributed by atoms with Crippen molar-refractivity contribution in [2.45, 2.75) is 50.9 Å². The summed E-state index contributed by atoms with van der Waals surface area (Å²) in [5.74, 6) is -0.526. The predicted octanol–water partition coefficient (Wildman–Crippen LogP) is 5.09. The largest absolute Gasteiger partial charge is 0.494 e. The van der Waals surface area contributed by atoms with Crippen LogP contribution in [0, 0.1) is 5.92 Å². The second-order valence-corrected chi connectivity index (χ2v) is 10.0. The summed E-state index contributed by atoms with van der Waals surface area (Å²) in [4.78, 5) is 25.9. The van der Waals surface area contributed by atoms with E-state index in [4.69, 9.17) is 9.47 Å². The Kier molecular flexibility index (Phi) is 6.90. The first-order valence-electron chi connectivity index (χ1n) is 13.1. The predicted molar refractivity (Wildman–Crippen MR) is 139 cm³/mol. The topological polar surface area (TPSA) is 109 Å². The van der Waals surface area contributed by atoms with Gasteiger partial charge in [0.05, 0.1) is 35.7 Å². The number of aromatic nitrogens is 6. The number of anilines is 2. The number of hydrogen-bond donors (Lipinski definition) is 1. The van der Waals surface area contributed by atoms with Crippen LogP contribution < -0.4 is 10.1 Å². The van der Waals surface area contributed by atoms with Crippen molar-refractivity contribution in [1.82, 2.24) is 29.3 Å². The zero-order valence-electron chi connectivity index (χ0n) is 22.0. The third kappa shape index (κ3) is 4.89. The molecule has 1 aliphatic carbocycles. The van der Waals surface area contributed by atoms with Crippen molar-refractivity contribution in [2.75, 3.05) is 19.0 Å². The van der Waals surface area contributed by atoms with Crippen LogP contribution in [-0.2, 0) is 23.0 Å². The molecule has 4 heterocycles. The standard InChI is InChI=1S/C27H28F3N7O3/c1-36-13-31-25(35-36)15-6-5-7-18(23(15)39-2)33-19-10-14(11-20(38)16-12-17(16)28)32-26-22(19)34-27(24(29)30)37(26)21-8-3-4-9-40-21/h5-7,10,13,16-17,21,24H,3-4,8-9,11-12H2,1-2H3,(H,32,33)/t16-,17-,21?/m0/s1. The molecule has 13 heteroatoms. The lowest BCUT2D eigenvalue weighted by Crippen LogP contribution is -2.21. The smallest absolute Gasteiger partial charge is 0.295 e. The second-order valence-electron chi connectivity index (χ2n) is 10.0. The van der Waals surface area contributed by atoms with Gasteiger partial charge in [-0.2, -0.15) is 5.10 Å². The summed E-state index contributed by atoms with van der Waals surface area (Å²) < 4.78 is 56.6. The average molecular weight is 556 g/mol. The maximum Gasteiger partial charge on any atom is 0.295 e. The molecule has 0 radical (unpaired) electrons. The summed E-state index contributed by atoms with van der Waals surface area (Å²) in [6.07, 6.45) is -0.901. The summed E-state index contributed by atoms with van der Waals surface area (Å²) in [7, 11) is 3.26. The molecular formula is C27H28F3N7O3. The Morgan fingerprint density at radius 2 is 2.08 bits per heavy atom. The molecule has 3 atom stereocenters. The van der Waals surface area contributed by atoms with Gasteiger partial charge in [0.2, 0.25) is 0 Å². The molecule has 3 aromatic heterocycles. The maximum absolute atomic E-state index is 14.3. The minimum atomic E-state index is -2.88. The van der Waals surface area contributed by atoms with Crippen molar-refractivity contribution in [1.29, 1.82) is 0 Å². The SMILES string of the molecule is COc1c(Nc2cc(CC(=O)[C@H]3C[C@@H]3F)nc3c2nc(C(F)F)n3C2CCCCO2)cccc1-c1ncn(C)n1. The van der Waals surface area contributed by atoms with Crippen LogP contribution in [-0.4, -0.2) is 55.0 Å². The molecule has 10 nitrogen and oxygen atoms in total. The third-order valence-electron chi connectivity index (χ3n) is 7.18. The number of methoxy groups -OCH3 is 1. The first-order valence-corrected chi connectivity index (χ1v) is 13.1. The number of benzene rings is 1. The van der Waals surface area contributed by atoms with Crippen molar-refractivity contribution >= 4 is 28.3 Å². The normalized spacial score (nSPS) is 20.7. The number of ketones is 1. The monoisotopic (exact) mass is 555 g/mol. The van der Waals surface area contributed by atoms with E-state index >= 15 is 0 Å². The molecule has 1 unspecified atom stereocenters. The van der Waals surface area contributed by atoms with Gasteiger partial charge in [0.15, 0.2) is 23.0 Å². The number of imidazole rings is 1. The first kappa shape index (κ1) is 26.2. The Balaban J connectivity index is 1.48. The number of aryl methyl sites for hydroxylation is 1. The number of nitrogens with one attached hydrogen (secondary N) is 1. The summed E-state index contributed by atoms with van der Waals surface area (Å²) >= 11 is 0. The first-order chi connectivity index (χ1) is 19.3. The Bertz CT molecular complexity index is 1560. The summed E-state index contributed by atoms with van der Waals surface area (Å²) in [6.45, 7) is 0.432. The van der Waals surface area contributed by atoms with Gasteiger partial charge in [0.1, 0.15) is 30.0 Å². The molecule has 40 heavy (non-hydrogen) atoms. The number of para-hydroxylation sites is 1. The van der Waals surface area contributed by atoms with E-state index in [1.807, 2.05) is 0 Å². The highest BCUT2D eigenvalue weighted by molar-refractivity contribution is 5.92. The number of carbonyl (C=O) groups is 1. The number of ether oxygens (including phenoxy) is 2. The number of pyridine rings is 1. The summed E-state index contributed by atoms with van der Waals surface area (Å²) in [5.41, 5.74) is 2.15. The van der Waals surface area contributed by atoms with Crippen LogP contribution in [0.2, 0.25) is 0 Å². The zero-order valence-corrected chi connectivity index (χ0v) is 22.0. The molecule has 0 bridgehead atoms. The molecule has 1 saturated heterocycles. The second kappa shape index (κ2) is 10.5. The highest BCUT2D eigenvalue weighted by Gasteiger charge is 2.43. The summed E-state index contributed by atoms with van der Waals surface area (Å²) in [6, 6.07) is 6.94. The van der Waals surface area contributed by atoms with Gasteiger partial charge in [0.25, 0.3) is 6.43 Å². The van der Waals surface area contributed by atoms with Gasteiger partial charge >= 0.3 is 0 Å². The van der Waals surface area contributed by atoms with Gasteiger partial charge < -0.3 is 14.8 Å². The number of rotatable bonds is 9. The number of hydrogen-bond acceptors (Lipinski definition) is 8. The van der Waals surface area contributed by atoms with Crippen molar-refractivity contribution < 1.29 is 27.4 Å². The number of Topliss-reactive ketones (excluding diaryl/α,β-unsaturated/α-hetero) is 1. The quantitative estimate of drug-likeness (QED) is 0.304. The van der Waals surface area contributed by atoms with Crippen LogP contribution in [0.4, 0.5) is 24.5 Å². The fraction of sp³-hybridized carbons (Fsp3) is 0.444. The molecule has 1 aliphatic heterocycles. The number of carbonyl (C=O) groups excluding carboxylic acids is 1. The van der Waals surface area contributed by atoms with E-state index in [9.17, 15) is 18.0 Å². The molecular weight excluding hydrogens is 527 g/mol. The molecule has 2 fully saturated rings. The molecule has 1 aromatic carbocycles. The average Bonchev–Trinajstić information content (AvgIpc) is 3.33. The van der Waals surface area contributed by atoms with Crippen LogP contribution in [0.5, 0.6) is 5.75 Å². The van der Waals surface area contributed by atoms with Crippen LogP contribution in [0.15, 0.2) is 30.6 Å². The molecule has 1 N–H and O–H groups in total. The number of nitrogens with zero attached hydrogens (tertiary/aromatic N) is 6. The molecule has 210 valence electrons. The molecule has 0 amide bonds. The molecule has 2 aliphatic rings. The van der Waals surface area contributed by atoms with E-state index in [1.54, 1.807) is 42.3 Å². The van der Waals surface area contributed by atoms with Crippen molar-refractivity contribution in [3.63, 3.8) is 0 Å². The van der Waals surface area contributed by atoms with E-state index in [0.717, 1.165) is 12.8 Å². The van der Waals surface area contributed by atoms with Gasteiger partial charge in [-0.05, 0) is 43.9 Å². The Morgan fingerprint density at radius 1 is 1.25 bits per heavy atom. The minimum Gasteiger partial charge on any atom is -0.494 e. The van der Waals surface area contributed by atoms with Gasteiger partial charge in [-0.15, -0.1) is 0 Å². The number of alkyl halides is 3. The van der Waals surface area contributed by atoms with E-state index in [1.165, 1.54) is 11.7 Å². The van der Waals surface area contributed by atoms with Crippen molar-refractivity contribution in [3.8, 4) is 17.1 Å². The minimum absolute atomic E-state index is 0.133. The molecule has 0 spiro atoms. The van der Waals surface area contributed by atoms with E-state index in [0.29, 0.717) is 47.2 Å². The fourth-order valence-corrected chi connectivity index (χ4v) is 5.13. The van der Waals surface area contributed by atoms with Crippen LogP contribution in [0.3, 0.4) is 0 Å². The third-order valence-corrected chi connectivity index (χ3v) is 7.18. The highest BCUT2D eigenvalue weighted by Crippen LogP contribution is 2.40. The fourth-order valence-electron chi connectivity index (χ4n) is 5.13. The lowest BCUT2D eigenvalue weighted by molar-refractivity contribution is -0.120. The molecule has 4 aromatic rings. The van der Waals surface area contributed by atoms with E-state index in [2.05, 4.69) is 25.4 Å². The highest BCUT2D eigenvalue weighted by atomic mass is 19.3. The van der Waals surface area contributed by atoms with Gasteiger partial charge in [0, 0.05) is 20.1 Å². The van der Waals surface area contributed by atoms with Crippen LogP contribution in [0.1, 0.15) is 49.9 Å². The Labute approximate surface area is 227 Å². The maximum atomic E-state index is 14.3. The Hall–Kier alpha value is -4.00. The number of halogens is 3. The molecule has 1 saturated carbocycles. The van der Waals surface area contributed by atoms with Gasteiger partial charge in [-0.1, -0.05) is 6.07 Å². The number of fused-ring (bicyclic) bond motifs is 1. The Morgan fingerprint density at radius 3 is 2.73 bits per heavy atom. The lowest BCUT2D eigenvalue weighted by Gasteiger charge is -2.25. The van der Waals surface area contributed by atoms with Crippen LogP contribution in [0.25, 0.3) is 22.6 Å². The lowest BCUT2D eigenvalue weighted by atomic mass is 10.1. The van der Waals surface area contributed by atoms with Crippen molar-refractivity contribution in [3.05, 3.63) is 42.1 Å². The van der Waals surface area contributed by atoms with Gasteiger partial charge in [-0.25, -0.2) is 28.1 Å². The van der Waals surface area contributed by atoms with Crippen molar-refractivity contribution in [2.24, 2.45) is 13.0 Å². The molecule has 6 rings (SSSR count). The van der Waals surface area contributed by atoms with Gasteiger partial charge in [-0.3, -0.25) is 14.0 Å².